The van der Waals surface area contributed by atoms with Crippen LogP contribution in [0, 0.1) is 6.92 Å². The fourth-order valence-corrected chi connectivity index (χ4v) is 4.69. The second kappa shape index (κ2) is 11.1. The number of hydrogen-bond donors (Lipinski definition) is 3. The van der Waals surface area contributed by atoms with E-state index in [0.29, 0.717) is 34.7 Å². The van der Waals surface area contributed by atoms with Gasteiger partial charge in [-0.2, -0.15) is 5.10 Å². The van der Waals surface area contributed by atoms with Gasteiger partial charge >= 0.3 is 6.09 Å². The highest BCUT2D eigenvalue weighted by Crippen LogP contribution is 2.40. The number of carbonyl (C=O) groups excluding carboxylic acids is 3. The van der Waals surface area contributed by atoms with E-state index in [1.165, 1.54) is 0 Å². The quantitative estimate of drug-likeness (QED) is 0.264. The third-order valence-corrected chi connectivity index (χ3v) is 6.63. The first-order valence-corrected chi connectivity index (χ1v) is 13.0. The maximum atomic E-state index is 13.3. The Kier molecular flexibility index (Phi) is 7.42. The summed E-state index contributed by atoms with van der Waals surface area (Å²) in [6.45, 7) is 6.59. The highest BCUT2D eigenvalue weighted by Gasteiger charge is 2.36. The molecule has 1 aromatic carbocycles. The Morgan fingerprint density at radius 2 is 2.10 bits per heavy atom. The molecule has 0 bridgehead atoms. The number of ether oxygens (including phenoxy) is 2. The smallest absolute Gasteiger partial charge is 0.407 e. The molecule has 0 saturated heterocycles. The van der Waals surface area contributed by atoms with Crippen LogP contribution in [0.5, 0.6) is 5.75 Å². The molecule has 3 amide bonds. The minimum Gasteiger partial charge on any atom is -0.488 e. The van der Waals surface area contributed by atoms with E-state index >= 15 is 0 Å². The van der Waals surface area contributed by atoms with Gasteiger partial charge in [0.2, 0.25) is 11.9 Å². The summed E-state index contributed by atoms with van der Waals surface area (Å²) in [6.07, 6.45) is 6.32. The Hall–Kier alpha value is -5.20. The van der Waals surface area contributed by atoms with Crippen molar-refractivity contribution in [1.29, 1.82) is 0 Å². The van der Waals surface area contributed by atoms with E-state index in [4.69, 9.17) is 15.2 Å². The lowest BCUT2D eigenvalue weighted by Crippen LogP contribution is -2.39. The number of rotatable bonds is 9. The number of aromatic nitrogens is 5. The van der Waals surface area contributed by atoms with Gasteiger partial charge in [0.25, 0.3) is 5.91 Å². The van der Waals surface area contributed by atoms with Crippen LogP contribution in [-0.2, 0) is 23.4 Å². The number of alkyl carbamates (subject to hydrolysis) is 1. The van der Waals surface area contributed by atoms with Crippen LogP contribution in [0.3, 0.4) is 0 Å². The number of pyridine rings is 1. The molecular weight excluding hydrogens is 528 g/mol. The summed E-state index contributed by atoms with van der Waals surface area (Å²) < 4.78 is 14.7. The zero-order valence-electron chi connectivity index (χ0n) is 22.9. The number of anilines is 1. The van der Waals surface area contributed by atoms with Crippen LogP contribution in [0.2, 0.25) is 0 Å². The number of benzene rings is 1. The molecule has 1 atom stereocenters. The molecule has 3 aromatic heterocycles. The maximum Gasteiger partial charge on any atom is 0.407 e. The number of primary amides is 1. The Morgan fingerprint density at radius 3 is 2.83 bits per heavy atom. The summed E-state index contributed by atoms with van der Waals surface area (Å²) in [7, 11) is 0. The SMILES string of the molecule is CCn1nc(C)cc1C(=O)Nc1nc2cc(C(N)=O)cc3c2n1[C@@](C)(/C=C/CNC(=O)OCc1cccnc1)CO3. The van der Waals surface area contributed by atoms with Gasteiger partial charge in [-0.1, -0.05) is 18.2 Å². The number of carbonyl (C=O) groups is 3. The first-order chi connectivity index (χ1) is 19.7. The molecule has 4 heterocycles. The number of nitrogens with one attached hydrogen (secondary N) is 2. The number of aryl methyl sites for hydroxylation is 2. The van der Waals surface area contributed by atoms with Crippen LogP contribution in [0.1, 0.15) is 46.0 Å². The van der Waals surface area contributed by atoms with Gasteiger partial charge in [0.15, 0.2) is 0 Å². The molecule has 0 spiro atoms. The molecule has 4 N–H and O–H groups in total. The first-order valence-electron chi connectivity index (χ1n) is 13.0. The molecular formula is C28H30N8O5. The minimum absolute atomic E-state index is 0.103. The highest BCUT2D eigenvalue weighted by molar-refractivity contribution is 6.04. The highest BCUT2D eigenvalue weighted by atomic mass is 16.5. The molecule has 13 nitrogen and oxygen atoms in total. The number of amides is 3. The molecule has 1 aliphatic rings. The predicted octanol–water partition coefficient (Wildman–Crippen LogP) is 2.90. The van der Waals surface area contributed by atoms with Crippen LogP contribution in [0.15, 0.2) is 54.9 Å². The molecule has 0 unspecified atom stereocenters. The second-order valence-corrected chi connectivity index (χ2v) is 9.78. The van der Waals surface area contributed by atoms with Crippen molar-refractivity contribution in [2.75, 3.05) is 18.5 Å². The lowest BCUT2D eigenvalue weighted by atomic mass is 9.99. The molecule has 41 heavy (non-hydrogen) atoms. The fraction of sp³-hybridized carbons (Fsp3) is 0.286. The standard InChI is InChI=1S/C28H30N8O5/c1-4-35-21(11-17(2)34-35)25(38)33-26-32-20-12-19(24(29)37)13-22-23(20)36(26)28(3,16-41-22)8-6-10-31-27(39)40-15-18-7-5-9-30-14-18/h5-9,11-14H,4,10,15-16H2,1-3H3,(H2,29,37)(H,31,39)(H,32,33,38)/b8-6+/t28-/m0/s1. The van der Waals surface area contributed by atoms with Gasteiger partial charge in [-0.3, -0.25) is 29.1 Å². The van der Waals surface area contributed by atoms with E-state index in [2.05, 4.69) is 25.7 Å². The van der Waals surface area contributed by atoms with Gasteiger partial charge in [0.05, 0.1) is 16.7 Å². The molecule has 0 radical (unpaired) electrons. The number of imidazole rings is 1. The van der Waals surface area contributed by atoms with E-state index in [0.717, 1.165) is 5.56 Å². The average Bonchev–Trinajstić information content (AvgIpc) is 3.53. The van der Waals surface area contributed by atoms with E-state index in [1.54, 1.807) is 47.4 Å². The minimum atomic E-state index is -0.819. The zero-order chi connectivity index (χ0) is 29.1. The molecule has 1 aliphatic heterocycles. The monoisotopic (exact) mass is 558 g/mol. The van der Waals surface area contributed by atoms with Crippen molar-refractivity contribution >= 4 is 34.9 Å². The number of nitrogens with zero attached hydrogens (tertiary/aromatic N) is 5. The first kappa shape index (κ1) is 27.4. The van der Waals surface area contributed by atoms with Gasteiger partial charge in [0.1, 0.15) is 30.2 Å². The predicted molar refractivity (Wildman–Crippen MR) is 150 cm³/mol. The zero-order valence-corrected chi connectivity index (χ0v) is 22.9. The second-order valence-electron chi connectivity index (χ2n) is 9.78. The lowest BCUT2D eigenvalue weighted by molar-refractivity contribution is 0.0995. The van der Waals surface area contributed by atoms with Crippen LogP contribution >= 0.6 is 0 Å². The van der Waals surface area contributed by atoms with Crippen LogP contribution < -0.4 is 21.1 Å². The Balaban J connectivity index is 1.40. The Labute approximate surface area is 235 Å². The number of hydrogen-bond acceptors (Lipinski definition) is 8. The van der Waals surface area contributed by atoms with Gasteiger partial charge < -0.3 is 20.5 Å². The molecule has 13 heteroatoms. The third kappa shape index (κ3) is 5.60. The van der Waals surface area contributed by atoms with Crippen molar-refractivity contribution < 1.29 is 23.9 Å². The van der Waals surface area contributed by atoms with Gasteiger partial charge in [-0.15, -0.1) is 0 Å². The van der Waals surface area contributed by atoms with Gasteiger partial charge in [-0.05, 0) is 45.0 Å². The summed E-state index contributed by atoms with van der Waals surface area (Å²) in [4.78, 5) is 46.1. The van der Waals surface area contributed by atoms with Crippen molar-refractivity contribution in [3.05, 3.63) is 77.4 Å². The van der Waals surface area contributed by atoms with Crippen molar-refractivity contribution in [3.8, 4) is 5.75 Å². The lowest BCUT2D eigenvalue weighted by Gasteiger charge is -2.34. The molecule has 0 fully saturated rings. The van der Waals surface area contributed by atoms with Crippen LogP contribution in [0.25, 0.3) is 11.0 Å². The Morgan fingerprint density at radius 1 is 1.27 bits per heavy atom. The molecule has 4 aromatic rings. The normalized spacial score (nSPS) is 16.0. The van der Waals surface area contributed by atoms with Gasteiger partial charge in [0, 0.05) is 36.6 Å². The summed E-state index contributed by atoms with van der Waals surface area (Å²) in [6, 6.07) is 8.41. The fourth-order valence-electron chi connectivity index (χ4n) is 4.69. The summed E-state index contributed by atoms with van der Waals surface area (Å²) in [5.74, 6) is -0.328. The summed E-state index contributed by atoms with van der Waals surface area (Å²) in [5, 5.41) is 9.95. The maximum absolute atomic E-state index is 13.3. The van der Waals surface area contributed by atoms with Crippen molar-refractivity contribution in [3.63, 3.8) is 0 Å². The van der Waals surface area contributed by atoms with Crippen LogP contribution in [0.4, 0.5) is 10.7 Å². The van der Waals surface area contributed by atoms with Gasteiger partial charge in [-0.25, -0.2) is 9.78 Å². The van der Waals surface area contributed by atoms with Crippen LogP contribution in [-0.4, -0.2) is 55.4 Å². The summed E-state index contributed by atoms with van der Waals surface area (Å²) in [5.41, 5.74) is 7.85. The van der Waals surface area contributed by atoms with Crippen molar-refractivity contribution in [2.45, 2.75) is 39.5 Å². The molecule has 0 aliphatic carbocycles. The van der Waals surface area contributed by atoms with E-state index in [9.17, 15) is 14.4 Å². The van der Waals surface area contributed by atoms with Crippen molar-refractivity contribution in [1.82, 2.24) is 29.6 Å². The summed E-state index contributed by atoms with van der Waals surface area (Å²) >= 11 is 0. The van der Waals surface area contributed by atoms with E-state index in [1.807, 2.05) is 37.5 Å². The topological polar surface area (TPSA) is 168 Å². The number of nitrogens with two attached hydrogens (primary N) is 1. The average molecular weight is 559 g/mol. The largest absolute Gasteiger partial charge is 0.488 e. The Bertz CT molecular complexity index is 1660. The molecule has 212 valence electrons. The molecule has 5 rings (SSSR count). The van der Waals surface area contributed by atoms with Crippen molar-refractivity contribution in [2.24, 2.45) is 5.73 Å². The van der Waals surface area contributed by atoms with E-state index < -0.39 is 17.5 Å². The van der Waals surface area contributed by atoms with E-state index in [-0.39, 0.29) is 37.2 Å². The molecule has 0 saturated carbocycles. The third-order valence-electron chi connectivity index (χ3n) is 6.63.